The molecule has 2 heterocycles. The summed E-state index contributed by atoms with van der Waals surface area (Å²) in [4.78, 5) is 26.2. The molecule has 0 unspecified atom stereocenters. The molecule has 0 saturated carbocycles. The van der Waals surface area contributed by atoms with Gasteiger partial charge in [0, 0.05) is 23.0 Å². The predicted molar refractivity (Wildman–Crippen MR) is 125 cm³/mol. The third-order valence-corrected chi connectivity index (χ3v) is 5.28. The van der Waals surface area contributed by atoms with Crippen LogP contribution in [0.5, 0.6) is 11.5 Å². The average Bonchev–Trinajstić information content (AvgIpc) is 3.19. The van der Waals surface area contributed by atoms with Crippen molar-refractivity contribution in [3.63, 3.8) is 0 Å². The number of Topliss-reactive ketones (excluding diaryl/α,β-unsaturated/α-hetero) is 1. The number of aromatic nitrogens is 1. The van der Waals surface area contributed by atoms with Crippen LogP contribution < -0.4 is 14.8 Å². The van der Waals surface area contributed by atoms with Gasteiger partial charge in [0.1, 0.15) is 17.2 Å². The lowest BCUT2D eigenvalue weighted by molar-refractivity contribution is -0.112. The van der Waals surface area contributed by atoms with Gasteiger partial charge in [-0.05, 0) is 61.0 Å². The highest BCUT2D eigenvalue weighted by Crippen LogP contribution is 2.31. The Hall–Kier alpha value is -3.77. The van der Waals surface area contributed by atoms with E-state index in [-0.39, 0.29) is 5.69 Å². The lowest BCUT2D eigenvalue weighted by Crippen LogP contribution is -2.24. The van der Waals surface area contributed by atoms with Gasteiger partial charge in [0.2, 0.25) is 0 Å². The number of fused-ring (bicyclic) bond motifs is 1. The Kier molecular flexibility index (Phi) is 6.14. The van der Waals surface area contributed by atoms with Gasteiger partial charge in [-0.1, -0.05) is 29.8 Å². The normalized spacial score (nSPS) is 10.7. The Bertz CT molecular complexity index is 1300. The van der Waals surface area contributed by atoms with Crippen LogP contribution in [0.2, 0.25) is 5.02 Å². The van der Waals surface area contributed by atoms with Crippen LogP contribution in [0.1, 0.15) is 17.4 Å². The number of carbonyl (C=O) groups is 2. The number of ketones is 1. The SMILES string of the molecule is CCOc1ccc(-c2cc3ccccn3c2C(=O)C(=O)Nc2ccc(OC)c(Cl)c2)cc1. The highest BCUT2D eigenvalue weighted by molar-refractivity contribution is 6.47. The molecule has 32 heavy (non-hydrogen) atoms. The number of carbonyl (C=O) groups excluding carboxylic acids is 2. The van der Waals surface area contributed by atoms with Gasteiger partial charge in [-0.15, -0.1) is 0 Å². The van der Waals surface area contributed by atoms with Crippen LogP contribution in [0.3, 0.4) is 0 Å². The molecule has 162 valence electrons. The minimum absolute atomic E-state index is 0.280. The lowest BCUT2D eigenvalue weighted by Gasteiger charge is -2.10. The molecule has 1 amide bonds. The minimum Gasteiger partial charge on any atom is -0.495 e. The van der Waals surface area contributed by atoms with E-state index in [0.29, 0.717) is 28.6 Å². The summed E-state index contributed by atoms with van der Waals surface area (Å²) >= 11 is 6.14. The van der Waals surface area contributed by atoms with E-state index < -0.39 is 11.7 Å². The lowest BCUT2D eigenvalue weighted by atomic mass is 10.0. The zero-order valence-electron chi connectivity index (χ0n) is 17.6. The number of amides is 1. The van der Waals surface area contributed by atoms with Gasteiger partial charge in [0.15, 0.2) is 0 Å². The highest BCUT2D eigenvalue weighted by Gasteiger charge is 2.25. The predicted octanol–water partition coefficient (Wildman–Crippen LogP) is 5.49. The van der Waals surface area contributed by atoms with Gasteiger partial charge < -0.3 is 19.2 Å². The summed E-state index contributed by atoms with van der Waals surface area (Å²) in [6.07, 6.45) is 1.76. The van der Waals surface area contributed by atoms with Crippen molar-refractivity contribution in [2.24, 2.45) is 0 Å². The van der Waals surface area contributed by atoms with Crippen molar-refractivity contribution in [1.82, 2.24) is 4.40 Å². The maximum Gasteiger partial charge on any atom is 0.298 e. The smallest absolute Gasteiger partial charge is 0.298 e. The largest absolute Gasteiger partial charge is 0.495 e. The van der Waals surface area contributed by atoms with Gasteiger partial charge in [0.25, 0.3) is 11.7 Å². The van der Waals surface area contributed by atoms with Crippen LogP contribution in [0.25, 0.3) is 16.6 Å². The van der Waals surface area contributed by atoms with Crippen LogP contribution in [0, 0.1) is 0 Å². The number of methoxy groups -OCH3 is 1. The molecule has 0 aliphatic rings. The van der Waals surface area contributed by atoms with Gasteiger partial charge in [-0.2, -0.15) is 0 Å². The number of nitrogens with one attached hydrogen (secondary N) is 1. The first kappa shape index (κ1) is 21.5. The van der Waals surface area contributed by atoms with E-state index >= 15 is 0 Å². The number of hydrogen-bond acceptors (Lipinski definition) is 4. The van der Waals surface area contributed by atoms with E-state index in [4.69, 9.17) is 21.1 Å². The Morgan fingerprint density at radius 3 is 2.50 bits per heavy atom. The zero-order valence-corrected chi connectivity index (χ0v) is 18.3. The number of benzene rings is 2. The molecule has 0 atom stereocenters. The van der Waals surface area contributed by atoms with Crippen molar-refractivity contribution in [3.05, 3.63) is 83.6 Å². The first-order valence-corrected chi connectivity index (χ1v) is 10.4. The zero-order chi connectivity index (χ0) is 22.7. The third-order valence-electron chi connectivity index (χ3n) is 4.99. The van der Waals surface area contributed by atoms with Gasteiger partial charge in [0.05, 0.1) is 18.7 Å². The molecule has 2 aromatic carbocycles. The second kappa shape index (κ2) is 9.16. The van der Waals surface area contributed by atoms with E-state index in [1.165, 1.54) is 13.2 Å². The number of anilines is 1. The molecule has 0 spiro atoms. The quantitative estimate of drug-likeness (QED) is 0.300. The number of nitrogens with zero attached hydrogens (tertiary/aromatic N) is 1. The molecule has 1 N–H and O–H groups in total. The summed E-state index contributed by atoms with van der Waals surface area (Å²) in [7, 11) is 1.50. The van der Waals surface area contributed by atoms with Crippen molar-refractivity contribution in [2.45, 2.75) is 6.92 Å². The van der Waals surface area contributed by atoms with Gasteiger partial charge >= 0.3 is 0 Å². The molecule has 0 aliphatic heterocycles. The van der Waals surface area contributed by atoms with Crippen LogP contribution >= 0.6 is 11.6 Å². The van der Waals surface area contributed by atoms with Crippen molar-refractivity contribution in [1.29, 1.82) is 0 Å². The van der Waals surface area contributed by atoms with Crippen molar-refractivity contribution >= 4 is 34.5 Å². The molecular formula is C25H21ClN2O4. The Balaban J connectivity index is 1.70. The molecular weight excluding hydrogens is 428 g/mol. The molecule has 0 saturated heterocycles. The summed E-state index contributed by atoms with van der Waals surface area (Å²) in [6, 6.07) is 19.7. The summed E-state index contributed by atoms with van der Waals surface area (Å²) in [5, 5.41) is 2.96. The fourth-order valence-electron chi connectivity index (χ4n) is 3.51. The standard InChI is InChI=1S/C25H21ClN2O4/c1-3-32-19-10-7-16(8-11-19)20-15-18-6-4-5-13-28(18)23(20)24(29)25(30)27-17-9-12-22(31-2)21(26)14-17/h4-15H,3H2,1-2H3,(H,27,30). The van der Waals surface area contributed by atoms with Crippen LogP contribution in [-0.4, -0.2) is 29.8 Å². The molecule has 0 radical (unpaired) electrons. The number of halogens is 1. The monoisotopic (exact) mass is 448 g/mol. The average molecular weight is 449 g/mol. The molecule has 0 aliphatic carbocycles. The topological polar surface area (TPSA) is 69.0 Å². The maximum absolute atomic E-state index is 13.3. The Morgan fingerprint density at radius 2 is 1.81 bits per heavy atom. The molecule has 0 fully saturated rings. The highest BCUT2D eigenvalue weighted by atomic mass is 35.5. The summed E-state index contributed by atoms with van der Waals surface area (Å²) in [5.41, 5.74) is 2.95. The molecule has 6 nitrogen and oxygen atoms in total. The molecule has 4 aromatic rings. The van der Waals surface area contributed by atoms with Crippen LogP contribution in [0.15, 0.2) is 72.9 Å². The number of rotatable bonds is 7. The third kappa shape index (κ3) is 4.18. The number of pyridine rings is 1. The van der Waals surface area contributed by atoms with Crippen LogP contribution in [0.4, 0.5) is 5.69 Å². The summed E-state index contributed by atoms with van der Waals surface area (Å²) in [5.74, 6) is -0.206. The fourth-order valence-corrected chi connectivity index (χ4v) is 3.77. The first-order valence-electron chi connectivity index (χ1n) is 10.0. The summed E-state index contributed by atoms with van der Waals surface area (Å²) < 4.78 is 12.3. The van der Waals surface area contributed by atoms with Crippen LogP contribution in [-0.2, 0) is 4.79 Å². The molecule has 7 heteroatoms. The molecule has 0 bridgehead atoms. The van der Waals surface area contributed by atoms with Crippen molar-refractivity contribution in [3.8, 4) is 22.6 Å². The molecule has 4 rings (SSSR count). The van der Waals surface area contributed by atoms with Crippen molar-refractivity contribution < 1.29 is 19.1 Å². The Labute approximate surface area is 190 Å². The fraction of sp³-hybridized carbons (Fsp3) is 0.120. The number of ether oxygens (including phenoxy) is 2. The van der Waals surface area contributed by atoms with Crippen molar-refractivity contribution in [2.75, 3.05) is 19.0 Å². The second-order valence-electron chi connectivity index (χ2n) is 6.99. The van der Waals surface area contributed by atoms with Gasteiger partial charge in [-0.25, -0.2) is 0 Å². The first-order chi connectivity index (χ1) is 15.5. The minimum atomic E-state index is -0.762. The summed E-state index contributed by atoms with van der Waals surface area (Å²) in [6.45, 7) is 2.48. The van der Waals surface area contributed by atoms with Gasteiger partial charge in [-0.3, -0.25) is 9.59 Å². The van der Waals surface area contributed by atoms with E-state index in [1.807, 2.05) is 55.5 Å². The second-order valence-corrected chi connectivity index (χ2v) is 7.40. The Morgan fingerprint density at radius 1 is 1.03 bits per heavy atom. The van der Waals surface area contributed by atoms with E-state index in [9.17, 15) is 9.59 Å². The van der Waals surface area contributed by atoms with E-state index in [1.54, 1.807) is 22.7 Å². The van der Waals surface area contributed by atoms with E-state index in [0.717, 1.165) is 16.8 Å². The molecule has 2 aromatic heterocycles. The maximum atomic E-state index is 13.3. The van der Waals surface area contributed by atoms with E-state index in [2.05, 4.69) is 5.32 Å². The number of hydrogen-bond donors (Lipinski definition) is 1.